The van der Waals surface area contributed by atoms with Crippen molar-refractivity contribution in [2.45, 2.75) is 38.5 Å². The zero-order valence-electron chi connectivity index (χ0n) is 24.6. The predicted molar refractivity (Wildman–Crippen MR) is 165 cm³/mol. The summed E-state index contributed by atoms with van der Waals surface area (Å²) in [5.41, 5.74) is 3.98. The molecular weight excluding hydrogens is 574 g/mol. The Morgan fingerprint density at radius 1 is 0.867 bits per heavy atom. The van der Waals surface area contributed by atoms with Gasteiger partial charge in [-0.15, -0.1) is 0 Å². The van der Waals surface area contributed by atoms with E-state index in [2.05, 4.69) is 9.97 Å². The second kappa shape index (κ2) is 13.8. The van der Waals surface area contributed by atoms with Crippen molar-refractivity contribution in [2.24, 2.45) is 0 Å². The number of benzene rings is 3. The number of imide groups is 1. The lowest BCUT2D eigenvalue weighted by Gasteiger charge is -2.12. The monoisotopic (exact) mass is 605 g/mol. The third-order valence-corrected chi connectivity index (χ3v) is 7.22. The fourth-order valence-electron chi connectivity index (χ4n) is 4.91. The van der Waals surface area contributed by atoms with Gasteiger partial charge in [0.2, 0.25) is 11.8 Å². The fourth-order valence-corrected chi connectivity index (χ4v) is 4.91. The van der Waals surface area contributed by atoms with Crippen molar-refractivity contribution in [3.63, 3.8) is 0 Å². The Hall–Kier alpha value is -5.64. The number of ether oxygens (including phenoxy) is 3. The first-order valence-corrected chi connectivity index (χ1v) is 14.5. The molecule has 6 rings (SSSR count). The van der Waals surface area contributed by atoms with E-state index in [-0.39, 0.29) is 19.1 Å². The van der Waals surface area contributed by atoms with Crippen LogP contribution >= 0.6 is 0 Å². The highest BCUT2D eigenvalue weighted by atomic mass is 16.6. The Morgan fingerprint density at radius 2 is 1.64 bits per heavy atom. The van der Waals surface area contributed by atoms with E-state index in [1.807, 2.05) is 91.0 Å². The molecule has 3 heterocycles. The number of carbonyl (C=O) groups is 2. The first-order chi connectivity index (χ1) is 22.1. The van der Waals surface area contributed by atoms with Crippen molar-refractivity contribution in [1.29, 1.82) is 0 Å². The number of aromatic nitrogens is 2. The summed E-state index contributed by atoms with van der Waals surface area (Å²) in [6.45, 7) is 0.204. The maximum Gasteiger partial charge on any atom is 0.417 e. The number of oxazole rings is 2. The molecule has 228 valence electrons. The van der Waals surface area contributed by atoms with Crippen LogP contribution in [0, 0.1) is 0 Å². The Kier molecular flexibility index (Phi) is 9.01. The molecule has 1 aliphatic rings. The highest BCUT2D eigenvalue weighted by molar-refractivity contribution is 5.99. The van der Waals surface area contributed by atoms with Crippen molar-refractivity contribution in [2.75, 3.05) is 7.11 Å². The van der Waals surface area contributed by atoms with Crippen molar-refractivity contribution >= 4 is 24.2 Å². The molecule has 1 aliphatic heterocycles. The van der Waals surface area contributed by atoms with E-state index in [0.717, 1.165) is 21.6 Å². The van der Waals surface area contributed by atoms with E-state index in [9.17, 15) is 9.59 Å². The van der Waals surface area contributed by atoms with Crippen LogP contribution in [0.1, 0.15) is 41.2 Å². The predicted octanol–water partition coefficient (Wildman–Crippen LogP) is 6.96. The summed E-state index contributed by atoms with van der Waals surface area (Å²) in [6, 6.07) is 25.0. The number of aryl methyl sites for hydroxylation is 1. The molecular formula is C35H31N3O7. The molecule has 0 aliphatic carbocycles. The van der Waals surface area contributed by atoms with Gasteiger partial charge in [0, 0.05) is 11.6 Å². The molecule has 3 aromatic carbocycles. The molecule has 0 spiro atoms. The van der Waals surface area contributed by atoms with Crippen LogP contribution in [-0.4, -0.2) is 40.1 Å². The van der Waals surface area contributed by atoms with E-state index in [1.165, 1.54) is 6.26 Å². The fraction of sp³-hybridized carbons (Fsp3) is 0.200. The Bertz CT molecular complexity index is 1780. The normalized spacial score (nSPS) is 14.7. The van der Waals surface area contributed by atoms with E-state index < -0.39 is 12.2 Å². The number of carbonyl (C=O) groups excluding carboxylic acids is 2. The second-order valence-corrected chi connectivity index (χ2v) is 10.4. The average molecular weight is 606 g/mol. The molecule has 0 N–H and O–H groups in total. The van der Waals surface area contributed by atoms with Gasteiger partial charge in [0.15, 0.2) is 17.6 Å². The molecule has 10 heteroatoms. The number of hydrogen-bond acceptors (Lipinski definition) is 9. The van der Waals surface area contributed by atoms with Crippen molar-refractivity contribution in [1.82, 2.24) is 14.9 Å². The molecule has 45 heavy (non-hydrogen) atoms. The van der Waals surface area contributed by atoms with Gasteiger partial charge < -0.3 is 23.0 Å². The zero-order chi connectivity index (χ0) is 31.0. The van der Waals surface area contributed by atoms with E-state index >= 15 is 0 Å². The van der Waals surface area contributed by atoms with Crippen LogP contribution in [0.4, 0.5) is 4.79 Å². The number of amides is 2. The molecule has 1 fully saturated rings. The average Bonchev–Trinajstić information content (AvgIpc) is 3.81. The minimum Gasteiger partial charge on any atom is -0.493 e. The Labute approximate surface area is 259 Å². The SMILES string of the molecule is COc1cc(CCCC2OC(=O)N(Cc3coc(-c4ccccc4)n3)C2=O)ccc1OCc1coc(C=Cc2ccccc2)n1. The highest BCUT2D eigenvalue weighted by Gasteiger charge is 2.40. The lowest BCUT2D eigenvalue weighted by molar-refractivity contribution is -0.130. The number of hydrogen-bond donors (Lipinski definition) is 0. The van der Waals surface area contributed by atoms with Crippen LogP contribution in [-0.2, 0) is 29.1 Å². The van der Waals surface area contributed by atoms with Crippen molar-refractivity contribution in [3.8, 4) is 23.0 Å². The van der Waals surface area contributed by atoms with Gasteiger partial charge in [-0.1, -0.05) is 54.6 Å². The van der Waals surface area contributed by atoms with Crippen LogP contribution in [0.3, 0.4) is 0 Å². The van der Waals surface area contributed by atoms with E-state index in [0.29, 0.717) is 53.9 Å². The molecule has 10 nitrogen and oxygen atoms in total. The minimum atomic E-state index is -0.836. The maximum atomic E-state index is 12.9. The molecule has 0 bridgehead atoms. The van der Waals surface area contributed by atoms with Gasteiger partial charge in [0.25, 0.3) is 5.91 Å². The van der Waals surface area contributed by atoms with E-state index in [1.54, 1.807) is 13.4 Å². The van der Waals surface area contributed by atoms with Crippen molar-refractivity contribution < 1.29 is 32.6 Å². The summed E-state index contributed by atoms with van der Waals surface area (Å²) < 4.78 is 28.0. The van der Waals surface area contributed by atoms with Crippen LogP contribution in [0.2, 0.25) is 0 Å². The first-order valence-electron chi connectivity index (χ1n) is 14.5. The van der Waals surface area contributed by atoms with Crippen LogP contribution in [0.15, 0.2) is 100 Å². The van der Waals surface area contributed by atoms with Crippen LogP contribution in [0.5, 0.6) is 11.5 Å². The second-order valence-electron chi connectivity index (χ2n) is 10.4. The molecule has 0 radical (unpaired) electrons. The summed E-state index contributed by atoms with van der Waals surface area (Å²) in [5.74, 6) is 1.69. The molecule has 2 amide bonds. The largest absolute Gasteiger partial charge is 0.493 e. The van der Waals surface area contributed by atoms with Gasteiger partial charge in [0.05, 0.1) is 19.3 Å². The Morgan fingerprint density at radius 3 is 2.44 bits per heavy atom. The number of nitrogens with zero attached hydrogens (tertiary/aromatic N) is 3. The van der Waals surface area contributed by atoms with Gasteiger partial charge in [-0.2, -0.15) is 0 Å². The molecule has 5 aromatic rings. The van der Waals surface area contributed by atoms with Gasteiger partial charge in [-0.25, -0.2) is 19.7 Å². The lowest BCUT2D eigenvalue weighted by atomic mass is 10.0. The summed E-state index contributed by atoms with van der Waals surface area (Å²) in [4.78, 5) is 35.3. The Balaban J connectivity index is 0.981. The summed E-state index contributed by atoms with van der Waals surface area (Å²) >= 11 is 0. The first kappa shape index (κ1) is 29.4. The molecule has 1 saturated heterocycles. The highest BCUT2D eigenvalue weighted by Crippen LogP contribution is 2.30. The van der Waals surface area contributed by atoms with Crippen molar-refractivity contribution in [3.05, 3.63) is 120 Å². The maximum absolute atomic E-state index is 12.9. The molecule has 1 atom stereocenters. The third kappa shape index (κ3) is 7.30. The summed E-state index contributed by atoms with van der Waals surface area (Å²) in [6.07, 6.45) is 6.92. The number of rotatable bonds is 13. The number of cyclic esters (lactones) is 1. The molecule has 2 aromatic heterocycles. The quantitative estimate of drug-likeness (QED) is 0.140. The number of methoxy groups -OCH3 is 1. The van der Waals surface area contributed by atoms with Gasteiger partial charge >= 0.3 is 6.09 Å². The van der Waals surface area contributed by atoms with Crippen LogP contribution < -0.4 is 9.47 Å². The van der Waals surface area contributed by atoms with Crippen LogP contribution in [0.25, 0.3) is 23.6 Å². The lowest BCUT2D eigenvalue weighted by Crippen LogP contribution is -2.31. The summed E-state index contributed by atoms with van der Waals surface area (Å²) in [7, 11) is 1.58. The molecule has 1 unspecified atom stereocenters. The minimum absolute atomic E-state index is 0.0107. The summed E-state index contributed by atoms with van der Waals surface area (Å²) in [5, 5.41) is 0. The topological polar surface area (TPSA) is 117 Å². The van der Waals surface area contributed by atoms with E-state index in [4.69, 9.17) is 23.0 Å². The smallest absolute Gasteiger partial charge is 0.417 e. The molecule has 0 saturated carbocycles. The van der Waals surface area contributed by atoms with Gasteiger partial charge in [-0.05, 0) is 60.7 Å². The zero-order valence-corrected chi connectivity index (χ0v) is 24.6. The van der Waals surface area contributed by atoms with Gasteiger partial charge in [0.1, 0.15) is 24.8 Å². The standard InChI is InChI=1S/C35H31N3O7/c1-41-31-19-25(15-17-29(31)42-22-28-23-43-32(36-28)18-16-24-9-4-2-5-10-24)11-8-14-30-34(39)38(35(40)45-30)20-27-21-44-33(37-27)26-12-6-3-7-13-26/h2-7,9-10,12-13,15-19,21,23,30H,8,11,14,20,22H2,1H3. The third-order valence-electron chi connectivity index (χ3n) is 7.22. The van der Waals surface area contributed by atoms with Gasteiger partial charge in [-0.3, -0.25) is 4.79 Å².